The minimum absolute atomic E-state index is 0.0103. The molecule has 104 valence electrons. The molecule has 0 aromatic carbocycles. The molecular weight excluding hydrogens is 230 g/mol. The second-order valence-electron chi connectivity index (χ2n) is 6.35. The van der Waals surface area contributed by atoms with Gasteiger partial charge < -0.3 is 10.0 Å². The van der Waals surface area contributed by atoms with Gasteiger partial charge in [0.25, 0.3) is 0 Å². The van der Waals surface area contributed by atoms with E-state index in [0.717, 1.165) is 19.3 Å². The van der Waals surface area contributed by atoms with Gasteiger partial charge in [-0.2, -0.15) is 0 Å². The van der Waals surface area contributed by atoms with E-state index in [0.29, 0.717) is 18.9 Å². The molecule has 0 saturated carbocycles. The fraction of sp³-hybridized carbons (Fsp3) is 0.857. The van der Waals surface area contributed by atoms with Crippen LogP contribution in [0.4, 0.5) is 0 Å². The molecule has 0 aliphatic carbocycles. The van der Waals surface area contributed by atoms with E-state index in [9.17, 15) is 14.7 Å². The molecule has 0 spiro atoms. The summed E-state index contributed by atoms with van der Waals surface area (Å²) in [5.41, 5.74) is -0.336. The third-order valence-electron chi connectivity index (χ3n) is 3.76. The van der Waals surface area contributed by atoms with Crippen LogP contribution in [0.2, 0.25) is 0 Å². The Morgan fingerprint density at radius 2 is 2.00 bits per heavy atom. The first kappa shape index (κ1) is 15.0. The van der Waals surface area contributed by atoms with Gasteiger partial charge >= 0.3 is 5.97 Å². The van der Waals surface area contributed by atoms with Gasteiger partial charge in [0, 0.05) is 13.0 Å². The van der Waals surface area contributed by atoms with Crippen LogP contribution in [-0.4, -0.2) is 34.5 Å². The van der Waals surface area contributed by atoms with E-state index in [1.807, 2.05) is 13.8 Å². The predicted octanol–water partition coefficient (Wildman–Crippen LogP) is 2.52. The summed E-state index contributed by atoms with van der Waals surface area (Å²) in [7, 11) is 0. The highest BCUT2D eigenvalue weighted by molar-refractivity contribution is 5.84. The van der Waals surface area contributed by atoms with Crippen LogP contribution in [0.15, 0.2) is 0 Å². The first-order chi connectivity index (χ1) is 8.25. The van der Waals surface area contributed by atoms with Crippen molar-refractivity contribution in [2.75, 3.05) is 6.54 Å². The molecule has 1 aliphatic rings. The largest absolute Gasteiger partial charge is 0.480 e. The number of likely N-dealkylation sites (tertiary alicyclic amines) is 1. The number of hydrogen-bond donors (Lipinski definition) is 1. The molecule has 1 fully saturated rings. The average Bonchev–Trinajstić information content (AvgIpc) is 2.23. The molecule has 0 radical (unpaired) electrons. The topological polar surface area (TPSA) is 57.6 Å². The van der Waals surface area contributed by atoms with E-state index in [4.69, 9.17) is 0 Å². The number of carbonyl (C=O) groups is 2. The number of amides is 1. The maximum atomic E-state index is 12.2. The van der Waals surface area contributed by atoms with Crippen molar-refractivity contribution < 1.29 is 14.7 Å². The van der Waals surface area contributed by atoms with Crippen LogP contribution in [0.25, 0.3) is 0 Å². The molecule has 18 heavy (non-hydrogen) atoms. The average molecular weight is 255 g/mol. The van der Waals surface area contributed by atoms with Gasteiger partial charge in [0.1, 0.15) is 6.04 Å². The summed E-state index contributed by atoms with van der Waals surface area (Å²) in [6.45, 7) is 8.60. The Bertz CT molecular complexity index is 323. The summed E-state index contributed by atoms with van der Waals surface area (Å²) >= 11 is 0. The Hall–Kier alpha value is -1.06. The quantitative estimate of drug-likeness (QED) is 0.839. The van der Waals surface area contributed by atoms with Gasteiger partial charge in [0.2, 0.25) is 5.91 Å². The van der Waals surface area contributed by atoms with Crippen LogP contribution in [0.3, 0.4) is 0 Å². The molecule has 4 heteroatoms. The number of nitrogens with zero attached hydrogens (tertiary/aromatic N) is 1. The molecule has 1 atom stereocenters. The summed E-state index contributed by atoms with van der Waals surface area (Å²) in [6.07, 6.45) is 3.03. The van der Waals surface area contributed by atoms with E-state index in [1.165, 1.54) is 0 Å². The standard InChI is InChI=1S/C14H25NO3/c1-10(2)6-7-11(16)15-9-5-8-14(3,4)12(15)13(17)18/h10,12H,5-9H2,1-4H3,(H,17,18). The molecule has 1 amide bonds. The molecule has 4 nitrogen and oxygen atoms in total. The molecule has 1 rings (SSSR count). The van der Waals surface area contributed by atoms with Crippen molar-refractivity contribution in [2.24, 2.45) is 11.3 Å². The fourth-order valence-corrected chi connectivity index (χ4v) is 2.68. The first-order valence-electron chi connectivity index (χ1n) is 6.78. The molecule has 1 saturated heterocycles. The zero-order chi connectivity index (χ0) is 13.9. The Labute approximate surface area is 109 Å². The lowest BCUT2D eigenvalue weighted by molar-refractivity contribution is -0.159. The van der Waals surface area contributed by atoms with E-state index in [1.54, 1.807) is 4.90 Å². The second kappa shape index (κ2) is 5.72. The Morgan fingerprint density at radius 3 is 2.50 bits per heavy atom. The number of rotatable bonds is 4. The highest BCUT2D eigenvalue weighted by Gasteiger charge is 2.44. The number of aliphatic carboxylic acids is 1. The molecule has 0 aromatic rings. The van der Waals surface area contributed by atoms with Crippen molar-refractivity contribution in [1.82, 2.24) is 4.90 Å². The van der Waals surface area contributed by atoms with Crippen LogP contribution in [0, 0.1) is 11.3 Å². The van der Waals surface area contributed by atoms with E-state index >= 15 is 0 Å². The highest BCUT2D eigenvalue weighted by Crippen LogP contribution is 2.35. The Kier molecular flexibility index (Phi) is 4.77. The molecule has 1 unspecified atom stereocenters. The monoisotopic (exact) mass is 255 g/mol. The van der Waals surface area contributed by atoms with Crippen LogP contribution in [0.5, 0.6) is 0 Å². The molecule has 0 aromatic heterocycles. The van der Waals surface area contributed by atoms with Crippen molar-refractivity contribution in [3.8, 4) is 0 Å². The normalized spacial score (nSPS) is 23.2. The number of hydrogen-bond acceptors (Lipinski definition) is 2. The lowest BCUT2D eigenvalue weighted by Crippen LogP contribution is -2.56. The summed E-state index contributed by atoms with van der Waals surface area (Å²) in [5.74, 6) is -0.420. The third kappa shape index (κ3) is 3.47. The smallest absolute Gasteiger partial charge is 0.326 e. The summed E-state index contributed by atoms with van der Waals surface area (Å²) in [4.78, 5) is 25.2. The van der Waals surface area contributed by atoms with Crippen LogP contribution in [-0.2, 0) is 9.59 Å². The Morgan fingerprint density at radius 1 is 1.39 bits per heavy atom. The SMILES string of the molecule is CC(C)CCC(=O)N1CCCC(C)(C)C1C(=O)O. The van der Waals surface area contributed by atoms with Gasteiger partial charge in [-0.05, 0) is 30.6 Å². The predicted molar refractivity (Wildman–Crippen MR) is 70.2 cm³/mol. The van der Waals surface area contributed by atoms with E-state index < -0.39 is 12.0 Å². The molecule has 1 aliphatic heterocycles. The van der Waals surface area contributed by atoms with Gasteiger partial charge in [-0.15, -0.1) is 0 Å². The van der Waals surface area contributed by atoms with Crippen LogP contribution >= 0.6 is 0 Å². The van der Waals surface area contributed by atoms with Crippen molar-refractivity contribution in [3.63, 3.8) is 0 Å². The minimum Gasteiger partial charge on any atom is -0.480 e. The number of carboxylic acid groups (broad SMARTS) is 1. The van der Waals surface area contributed by atoms with Gasteiger partial charge in [-0.25, -0.2) is 4.79 Å². The summed E-state index contributed by atoms with van der Waals surface area (Å²) < 4.78 is 0. The Balaban J connectivity index is 2.78. The molecular formula is C14H25NO3. The second-order valence-corrected chi connectivity index (χ2v) is 6.35. The van der Waals surface area contributed by atoms with Crippen LogP contribution in [0.1, 0.15) is 53.4 Å². The maximum absolute atomic E-state index is 12.2. The lowest BCUT2D eigenvalue weighted by atomic mass is 9.76. The van der Waals surface area contributed by atoms with Gasteiger partial charge in [0.15, 0.2) is 0 Å². The van der Waals surface area contributed by atoms with Gasteiger partial charge in [0.05, 0.1) is 0 Å². The lowest BCUT2D eigenvalue weighted by Gasteiger charge is -2.44. The third-order valence-corrected chi connectivity index (χ3v) is 3.76. The number of carboxylic acids is 1. The van der Waals surface area contributed by atoms with Crippen LogP contribution < -0.4 is 0 Å². The fourth-order valence-electron chi connectivity index (χ4n) is 2.68. The van der Waals surface area contributed by atoms with E-state index in [2.05, 4.69) is 13.8 Å². The number of carbonyl (C=O) groups excluding carboxylic acids is 1. The van der Waals surface area contributed by atoms with E-state index in [-0.39, 0.29) is 11.3 Å². The number of piperidine rings is 1. The molecule has 1 N–H and O–H groups in total. The summed E-state index contributed by atoms with van der Waals surface area (Å²) in [5, 5.41) is 9.38. The molecule has 0 bridgehead atoms. The zero-order valence-corrected chi connectivity index (χ0v) is 11.9. The maximum Gasteiger partial charge on any atom is 0.326 e. The highest BCUT2D eigenvalue weighted by atomic mass is 16.4. The first-order valence-corrected chi connectivity index (χ1v) is 6.78. The minimum atomic E-state index is -0.877. The van der Waals surface area contributed by atoms with Gasteiger partial charge in [-0.1, -0.05) is 27.7 Å². The zero-order valence-electron chi connectivity index (χ0n) is 11.9. The van der Waals surface area contributed by atoms with Crippen molar-refractivity contribution in [1.29, 1.82) is 0 Å². The summed E-state index contributed by atoms with van der Waals surface area (Å²) in [6, 6.07) is -0.675. The van der Waals surface area contributed by atoms with Gasteiger partial charge in [-0.3, -0.25) is 4.79 Å². The van der Waals surface area contributed by atoms with Crippen molar-refractivity contribution >= 4 is 11.9 Å². The molecule has 1 heterocycles. The van der Waals surface area contributed by atoms with Crippen molar-refractivity contribution in [2.45, 2.75) is 59.4 Å². The van der Waals surface area contributed by atoms with Crippen molar-refractivity contribution in [3.05, 3.63) is 0 Å².